The largest absolute Gasteiger partial charge is 0.423 e. The molecule has 0 spiro atoms. The average molecular weight is 364 g/mol. The lowest BCUT2D eigenvalue weighted by atomic mass is 10.1. The van der Waals surface area contributed by atoms with Gasteiger partial charge in [0.2, 0.25) is 18.2 Å². The summed E-state index contributed by atoms with van der Waals surface area (Å²) in [6.45, 7) is 5.54. The molecule has 138 valence electrons. The minimum atomic E-state index is -0.248. The van der Waals surface area contributed by atoms with E-state index in [9.17, 15) is 9.59 Å². The van der Waals surface area contributed by atoms with Crippen LogP contribution in [0.1, 0.15) is 29.8 Å². The lowest BCUT2D eigenvalue weighted by Crippen LogP contribution is -2.18. The van der Waals surface area contributed by atoms with E-state index >= 15 is 0 Å². The number of nitrogens with zero attached hydrogens (tertiary/aromatic N) is 2. The molecule has 2 N–H and O–H groups in total. The fraction of sp³-hybridized carbons (Fsp3) is 0.200. The maximum absolute atomic E-state index is 12.6. The first-order chi connectivity index (χ1) is 12.9. The summed E-state index contributed by atoms with van der Waals surface area (Å²) in [4.78, 5) is 24.3. The zero-order valence-corrected chi connectivity index (χ0v) is 15.3. The van der Waals surface area contributed by atoms with E-state index in [0.717, 1.165) is 11.1 Å². The summed E-state index contributed by atoms with van der Waals surface area (Å²) in [5, 5.41) is 13.2. The van der Waals surface area contributed by atoms with Crippen LogP contribution in [0, 0.1) is 12.8 Å². The number of hydrogen-bond acceptors (Lipinski definition) is 5. The summed E-state index contributed by atoms with van der Waals surface area (Å²) < 4.78 is 5.20. The summed E-state index contributed by atoms with van der Waals surface area (Å²) in [7, 11) is 0. The number of anilines is 2. The van der Waals surface area contributed by atoms with E-state index in [1.54, 1.807) is 30.3 Å². The third kappa shape index (κ3) is 4.38. The Morgan fingerprint density at radius 2 is 1.78 bits per heavy atom. The van der Waals surface area contributed by atoms with Gasteiger partial charge in [0.1, 0.15) is 0 Å². The molecule has 0 atom stereocenters. The molecular formula is C20H20N4O3. The number of benzene rings is 2. The Labute approximate surface area is 156 Å². The minimum absolute atomic E-state index is 0.0688. The van der Waals surface area contributed by atoms with Crippen LogP contribution in [0.25, 0.3) is 11.5 Å². The van der Waals surface area contributed by atoms with Crippen molar-refractivity contribution in [2.75, 3.05) is 10.6 Å². The van der Waals surface area contributed by atoms with Gasteiger partial charge in [0.05, 0.1) is 0 Å². The predicted octanol–water partition coefficient (Wildman–Crippen LogP) is 3.89. The first kappa shape index (κ1) is 18.3. The Balaban J connectivity index is 1.74. The van der Waals surface area contributed by atoms with E-state index in [4.69, 9.17) is 4.42 Å². The highest BCUT2D eigenvalue weighted by molar-refractivity contribution is 6.05. The average Bonchev–Trinajstić information content (AvgIpc) is 3.18. The molecular weight excluding hydrogens is 344 g/mol. The number of aromatic nitrogens is 2. The van der Waals surface area contributed by atoms with Crippen molar-refractivity contribution in [1.29, 1.82) is 0 Å². The SMILES string of the molecule is Cc1ccc(-c2nnco2)cc1NC(=O)c1ccc(NC(=O)C(C)C)cc1. The Hall–Kier alpha value is -3.48. The summed E-state index contributed by atoms with van der Waals surface area (Å²) >= 11 is 0. The molecule has 3 rings (SSSR count). The van der Waals surface area contributed by atoms with Gasteiger partial charge < -0.3 is 15.1 Å². The zero-order valence-electron chi connectivity index (χ0n) is 15.3. The van der Waals surface area contributed by atoms with Crippen molar-refractivity contribution in [2.24, 2.45) is 5.92 Å². The topological polar surface area (TPSA) is 97.1 Å². The van der Waals surface area contributed by atoms with Crippen LogP contribution in [0.15, 0.2) is 53.3 Å². The third-order valence-electron chi connectivity index (χ3n) is 4.03. The Kier molecular flexibility index (Phi) is 5.30. The van der Waals surface area contributed by atoms with Crippen molar-refractivity contribution in [3.05, 3.63) is 60.0 Å². The molecule has 0 aliphatic rings. The van der Waals surface area contributed by atoms with Gasteiger partial charge in [0.25, 0.3) is 5.91 Å². The molecule has 3 aromatic rings. The maximum Gasteiger partial charge on any atom is 0.255 e. The number of aryl methyl sites for hydroxylation is 1. The molecule has 0 fully saturated rings. The first-order valence-electron chi connectivity index (χ1n) is 8.53. The van der Waals surface area contributed by atoms with Crippen LogP contribution in [0.5, 0.6) is 0 Å². The van der Waals surface area contributed by atoms with Gasteiger partial charge in [-0.15, -0.1) is 10.2 Å². The number of amides is 2. The fourth-order valence-corrected chi connectivity index (χ4v) is 2.37. The van der Waals surface area contributed by atoms with Gasteiger partial charge >= 0.3 is 0 Å². The second-order valence-electron chi connectivity index (χ2n) is 6.45. The van der Waals surface area contributed by atoms with Gasteiger partial charge in [0, 0.05) is 28.4 Å². The van der Waals surface area contributed by atoms with E-state index in [0.29, 0.717) is 22.8 Å². The monoisotopic (exact) mass is 364 g/mol. The number of rotatable bonds is 5. The Bertz CT molecular complexity index is 948. The molecule has 2 amide bonds. The number of hydrogen-bond donors (Lipinski definition) is 2. The van der Waals surface area contributed by atoms with Crippen molar-refractivity contribution < 1.29 is 14.0 Å². The van der Waals surface area contributed by atoms with Crippen molar-refractivity contribution in [3.63, 3.8) is 0 Å². The van der Waals surface area contributed by atoms with Crippen LogP contribution in [-0.4, -0.2) is 22.0 Å². The van der Waals surface area contributed by atoms with Crippen LogP contribution in [0.2, 0.25) is 0 Å². The summed E-state index contributed by atoms with van der Waals surface area (Å²) in [6.07, 6.45) is 1.26. The van der Waals surface area contributed by atoms with E-state index in [-0.39, 0.29) is 17.7 Å². The second-order valence-corrected chi connectivity index (χ2v) is 6.45. The van der Waals surface area contributed by atoms with Gasteiger partial charge in [-0.25, -0.2) is 0 Å². The molecule has 0 aliphatic heterocycles. The van der Waals surface area contributed by atoms with Crippen molar-refractivity contribution in [2.45, 2.75) is 20.8 Å². The molecule has 0 aliphatic carbocycles. The molecule has 0 bridgehead atoms. The van der Waals surface area contributed by atoms with Crippen LogP contribution in [-0.2, 0) is 4.79 Å². The first-order valence-corrected chi connectivity index (χ1v) is 8.53. The molecule has 7 nitrogen and oxygen atoms in total. The molecule has 0 radical (unpaired) electrons. The number of nitrogens with one attached hydrogen (secondary N) is 2. The fourth-order valence-electron chi connectivity index (χ4n) is 2.37. The lowest BCUT2D eigenvalue weighted by molar-refractivity contribution is -0.118. The van der Waals surface area contributed by atoms with E-state index in [2.05, 4.69) is 20.8 Å². The second kappa shape index (κ2) is 7.82. The van der Waals surface area contributed by atoms with Crippen LogP contribution < -0.4 is 10.6 Å². The van der Waals surface area contributed by atoms with Gasteiger partial charge in [-0.1, -0.05) is 19.9 Å². The lowest BCUT2D eigenvalue weighted by Gasteiger charge is -2.11. The van der Waals surface area contributed by atoms with Crippen molar-refractivity contribution in [1.82, 2.24) is 10.2 Å². The normalized spacial score (nSPS) is 10.7. The molecule has 0 unspecified atom stereocenters. The quantitative estimate of drug-likeness (QED) is 0.716. The zero-order chi connectivity index (χ0) is 19.4. The minimum Gasteiger partial charge on any atom is -0.423 e. The molecule has 7 heteroatoms. The molecule has 1 heterocycles. The van der Waals surface area contributed by atoms with Gasteiger partial charge in [-0.3, -0.25) is 9.59 Å². The van der Waals surface area contributed by atoms with E-state index < -0.39 is 0 Å². The standard InChI is InChI=1S/C20H20N4O3/c1-12(2)18(25)22-16-8-6-14(7-9-16)19(26)23-17-10-15(5-4-13(17)3)20-24-21-11-27-20/h4-12H,1-3H3,(H,22,25)(H,23,26). The number of carbonyl (C=O) groups excluding carboxylic acids is 2. The van der Waals surface area contributed by atoms with Gasteiger partial charge in [0.15, 0.2) is 0 Å². The molecule has 2 aromatic carbocycles. The van der Waals surface area contributed by atoms with Crippen molar-refractivity contribution in [3.8, 4) is 11.5 Å². The smallest absolute Gasteiger partial charge is 0.255 e. The molecule has 27 heavy (non-hydrogen) atoms. The maximum atomic E-state index is 12.6. The highest BCUT2D eigenvalue weighted by Gasteiger charge is 2.12. The Morgan fingerprint density at radius 1 is 1.04 bits per heavy atom. The molecule has 1 aromatic heterocycles. The predicted molar refractivity (Wildman–Crippen MR) is 102 cm³/mol. The van der Waals surface area contributed by atoms with Crippen LogP contribution in [0.3, 0.4) is 0 Å². The van der Waals surface area contributed by atoms with Gasteiger partial charge in [-0.05, 0) is 48.9 Å². The molecule has 0 saturated carbocycles. The molecule has 0 saturated heterocycles. The van der Waals surface area contributed by atoms with E-state index in [1.165, 1.54) is 6.39 Å². The van der Waals surface area contributed by atoms with E-state index in [1.807, 2.05) is 32.9 Å². The van der Waals surface area contributed by atoms with Crippen molar-refractivity contribution >= 4 is 23.2 Å². The highest BCUT2D eigenvalue weighted by atomic mass is 16.4. The third-order valence-corrected chi connectivity index (χ3v) is 4.03. The van der Waals surface area contributed by atoms with Crippen LogP contribution >= 0.6 is 0 Å². The van der Waals surface area contributed by atoms with Gasteiger partial charge in [-0.2, -0.15) is 0 Å². The summed E-state index contributed by atoms with van der Waals surface area (Å²) in [6, 6.07) is 12.3. The Morgan fingerprint density at radius 3 is 2.41 bits per heavy atom. The number of carbonyl (C=O) groups is 2. The highest BCUT2D eigenvalue weighted by Crippen LogP contribution is 2.24. The van der Waals surface area contributed by atoms with Crippen LogP contribution in [0.4, 0.5) is 11.4 Å². The summed E-state index contributed by atoms with van der Waals surface area (Å²) in [5.41, 5.74) is 3.43. The summed E-state index contributed by atoms with van der Waals surface area (Å²) in [5.74, 6) is -0.0407.